The van der Waals surface area contributed by atoms with Crippen LogP contribution in [0.2, 0.25) is 0 Å². The summed E-state index contributed by atoms with van der Waals surface area (Å²) in [6.07, 6.45) is 0.0477. The second kappa shape index (κ2) is 7.55. The van der Waals surface area contributed by atoms with Gasteiger partial charge in [-0.2, -0.15) is 4.98 Å². The van der Waals surface area contributed by atoms with Crippen LogP contribution in [0.3, 0.4) is 0 Å². The van der Waals surface area contributed by atoms with E-state index in [0.717, 1.165) is 32.9 Å². The van der Waals surface area contributed by atoms with Gasteiger partial charge in [0.05, 0.1) is 22.3 Å². The minimum atomic E-state index is -0.140. The third kappa shape index (κ3) is 3.55. The Hall–Kier alpha value is -3.65. The molecule has 0 fully saturated rings. The summed E-state index contributed by atoms with van der Waals surface area (Å²) in [6.45, 7) is 5.85. The van der Waals surface area contributed by atoms with E-state index in [9.17, 15) is 4.79 Å². The number of amides is 1. The summed E-state index contributed by atoms with van der Waals surface area (Å²) in [7, 11) is 0. The predicted octanol–water partition coefficient (Wildman–Crippen LogP) is 4.57. The molecule has 5 aromatic rings. The van der Waals surface area contributed by atoms with Crippen LogP contribution in [0.4, 0.5) is 10.8 Å². The van der Waals surface area contributed by atoms with Crippen LogP contribution in [0.5, 0.6) is 0 Å². The van der Waals surface area contributed by atoms with Crippen molar-refractivity contribution in [3.05, 3.63) is 77.4 Å². The minimum absolute atomic E-state index is 0.0477. The Kier molecular flexibility index (Phi) is 4.71. The van der Waals surface area contributed by atoms with Gasteiger partial charge in [-0.15, -0.1) is 5.10 Å². The van der Waals surface area contributed by atoms with E-state index in [0.29, 0.717) is 16.7 Å². The van der Waals surface area contributed by atoms with Crippen LogP contribution in [0.25, 0.3) is 16.0 Å². The van der Waals surface area contributed by atoms with E-state index < -0.39 is 0 Å². The van der Waals surface area contributed by atoms with Crippen molar-refractivity contribution in [2.24, 2.45) is 0 Å². The number of hydrogen-bond acceptors (Lipinski definition) is 6. The molecule has 31 heavy (non-hydrogen) atoms. The number of aromatic nitrogens is 5. The average Bonchev–Trinajstić information content (AvgIpc) is 3.33. The molecule has 0 saturated carbocycles. The lowest BCUT2D eigenvalue weighted by Crippen LogP contribution is -2.28. The molecule has 154 valence electrons. The molecule has 0 spiro atoms. The van der Waals surface area contributed by atoms with Gasteiger partial charge < -0.3 is 0 Å². The molecule has 7 nitrogen and oxygen atoms in total. The molecule has 0 unspecified atom stereocenters. The molecule has 0 radical (unpaired) electrons. The minimum Gasteiger partial charge on any atom is -0.274 e. The first-order chi connectivity index (χ1) is 15.0. The number of benzene rings is 2. The number of anilines is 2. The first-order valence-corrected chi connectivity index (χ1v) is 10.8. The Morgan fingerprint density at radius 2 is 1.77 bits per heavy atom. The van der Waals surface area contributed by atoms with Crippen molar-refractivity contribution in [2.75, 3.05) is 4.90 Å². The largest absolute Gasteiger partial charge is 0.274 e. The van der Waals surface area contributed by atoms with Gasteiger partial charge in [0.15, 0.2) is 11.0 Å². The lowest BCUT2D eigenvalue weighted by Gasteiger charge is -2.21. The third-order valence-corrected chi connectivity index (χ3v) is 6.07. The monoisotopic (exact) mass is 428 g/mol. The summed E-state index contributed by atoms with van der Waals surface area (Å²) in [6, 6.07) is 17.6. The van der Waals surface area contributed by atoms with Gasteiger partial charge in [-0.3, -0.25) is 9.69 Å². The first-order valence-electron chi connectivity index (χ1n) is 9.93. The van der Waals surface area contributed by atoms with Gasteiger partial charge in [0.25, 0.3) is 5.78 Å². The van der Waals surface area contributed by atoms with Gasteiger partial charge in [0.2, 0.25) is 5.91 Å². The zero-order valence-corrected chi connectivity index (χ0v) is 18.2. The van der Waals surface area contributed by atoms with Gasteiger partial charge in [-0.25, -0.2) is 14.5 Å². The van der Waals surface area contributed by atoms with Gasteiger partial charge in [-0.1, -0.05) is 41.7 Å². The molecule has 0 aliphatic heterocycles. The van der Waals surface area contributed by atoms with Crippen LogP contribution >= 0.6 is 11.3 Å². The SMILES string of the molecule is Cc1cc(C)n2nc(CC(=O)N(c3nc4ccccc4s3)c3ccccc3C)nc2n1. The molecule has 0 bridgehead atoms. The standard InChI is InChI=1S/C23H20N6OS/c1-14-8-4-6-10-18(14)28(23-25-17-9-5-7-11-19(17)31-23)21(30)13-20-26-22-24-15(2)12-16(3)29(22)27-20/h4-12H,13H2,1-3H3. The molecule has 0 aliphatic carbocycles. The van der Waals surface area contributed by atoms with Crippen LogP contribution in [-0.4, -0.2) is 30.5 Å². The van der Waals surface area contributed by atoms with Gasteiger partial charge in [0.1, 0.15) is 0 Å². The van der Waals surface area contributed by atoms with Crippen molar-refractivity contribution in [1.29, 1.82) is 0 Å². The number of carbonyl (C=O) groups is 1. The maximum absolute atomic E-state index is 13.6. The van der Waals surface area contributed by atoms with Crippen molar-refractivity contribution < 1.29 is 4.79 Å². The Labute approximate surface area is 183 Å². The number of hydrogen-bond donors (Lipinski definition) is 0. The molecular formula is C23H20N6OS. The Balaban J connectivity index is 1.57. The number of thiazole rings is 1. The molecule has 3 heterocycles. The molecule has 0 saturated heterocycles. The van der Waals surface area contributed by atoms with Crippen molar-refractivity contribution in [3.8, 4) is 0 Å². The predicted molar refractivity (Wildman–Crippen MR) is 122 cm³/mol. The van der Waals surface area contributed by atoms with Crippen molar-refractivity contribution in [2.45, 2.75) is 27.2 Å². The molecule has 1 amide bonds. The number of aryl methyl sites for hydroxylation is 3. The lowest BCUT2D eigenvalue weighted by molar-refractivity contribution is -0.117. The van der Waals surface area contributed by atoms with E-state index in [1.807, 2.05) is 75.4 Å². The fourth-order valence-corrected chi connectivity index (χ4v) is 4.61. The molecule has 3 aromatic heterocycles. The number of fused-ring (bicyclic) bond motifs is 2. The van der Waals surface area contributed by atoms with Crippen molar-refractivity contribution in [1.82, 2.24) is 24.6 Å². The van der Waals surface area contributed by atoms with Gasteiger partial charge in [-0.05, 0) is 50.6 Å². The van der Waals surface area contributed by atoms with Crippen LogP contribution < -0.4 is 4.90 Å². The third-order valence-electron chi connectivity index (χ3n) is 5.05. The highest BCUT2D eigenvalue weighted by Gasteiger charge is 2.25. The van der Waals surface area contributed by atoms with E-state index in [2.05, 4.69) is 15.1 Å². The normalized spacial score (nSPS) is 11.3. The van der Waals surface area contributed by atoms with E-state index >= 15 is 0 Å². The zero-order chi connectivity index (χ0) is 21.5. The van der Waals surface area contributed by atoms with E-state index in [-0.39, 0.29) is 12.3 Å². The number of para-hydroxylation sites is 2. The fraction of sp³-hybridized carbons (Fsp3) is 0.174. The molecule has 8 heteroatoms. The molecular weight excluding hydrogens is 408 g/mol. The van der Waals surface area contributed by atoms with Gasteiger partial charge in [0, 0.05) is 11.4 Å². The summed E-state index contributed by atoms with van der Waals surface area (Å²) in [5, 5.41) is 5.14. The summed E-state index contributed by atoms with van der Waals surface area (Å²) in [5.41, 5.74) is 4.46. The van der Waals surface area contributed by atoms with E-state index in [1.54, 1.807) is 9.42 Å². The Bertz CT molecular complexity index is 1400. The smallest absolute Gasteiger partial charge is 0.252 e. The topological polar surface area (TPSA) is 76.3 Å². The lowest BCUT2D eigenvalue weighted by atomic mass is 10.2. The highest BCUT2D eigenvalue weighted by molar-refractivity contribution is 7.22. The highest BCUT2D eigenvalue weighted by atomic mass is 32.1. The van der Waals surface area contributed by atoms with Crippen LogP contribution in [0, 0.1) is 20.8 Å². The maximum Gasteiger partial charge on any atom is 0.252 e. The van der Waals surface area contributed by atoms with Gasteiger partial charge >= 0.3 is 0 Å². The summed E-state index contributed by atoms with van der Waals surface area (Å²) in [5.74, 6) is 0.798. The van der Waals surface area contributed by atoms with Crippen LogP contribution in [-0.2, 0) is 11.2 Å². The Morgan fingerprint density at radius 1 is 1.00 bits per heavy atom. The second-order valence-electron chi connectivity index (χ2n) is 7.44. The van der Waals surface area contributed by atoms with E-state index in [4.69, 9.17) is 4.98 Å². The molecule has 2 aromatic carbocycles. The number of carbonyl (C=O) groups excluding carboxylic acids is 1. The summed E-state index contributed by atoms with van der Waals surface area (Å²) in [4.78, 5) is 28.9. The second-order valence-corrected chi connectivity index (χ2v) is 8.44. The van der Waals surface area contributed by atoms with Crippen LogP contribution in [0.1, 0.15) is 22.8 Å². The summed E-state index contributed by atoms with van der Waals surface area (Å²) >= 11 is 1.49. The molecule has 5 rings (SSSR count). The average molecular weight is 429 g/mol. The number of nitrogens with zero attached hydrogens (tertiary/aromatic N) is 6. The van der Waals surface area contributed by atoms with Crippen LogP contribution in [0.15, 0.2) is 54.6 Å². The number of rotatable bonds is 4. The van der Waals surface area contributed by atoms with E-state index in [1.165, 1.54) is 11.3 Å². The molecule has 0 atom stereocenters. The quantitative estimate of drug-likeness (QED) is 0.419. The maximum atomic E-state index is 13.6. The van der Waals surface area contributed by atoms with Crippen molar-refractivity contribution >= 4 is 44.1 Å². The fourth-order valence-electron chi connectivity index (χ4n) is 3.61. The molecule has 0 N–H and O–H groups in total. The zero-order valence-electron chi connectivity index (χ0n) is 17.4. The Morgan fingerprint density at radius 3 is 2.58 bits per heavy atom. The summed E-state index contributed by atoms with van der Waals surface area (Å²) < 4.78 is 2.70. The molecule has 0 aliphatic rings. The van der Waals surface area contributed by atoms with Crippen molar-refractivity contribution in [3.63, 3.8) is 0 Å². The highest BCUT2D eigenvalue weighted by Crippen LogP contribution is 2.35. The first kappa shape index (κ1) is 19.3.